The molecule has 3 aromatic rings. The van der Waals surface area contributed by atoms with Gasteiger partial charge >= 0.3 is 18.1 Å². The van der Waals surface area contributed by atoms with E-state index < -0.39 is 55.9 Å². The van der Waals surface area contributed by atoms with E-state index >= 15 is 0 Å². The van der Waals surface area contributed by atoms with E-state index in [2.05, 4.69) is 6.58 Å². The summed E-state index contributed by atoms with van der Waals surface area (Å²) < 4.78 is 43.9. The standard InChI is InChI=1S/C32H30O14/c1-3-6-39-32(38)45-24-13-41-31(27(36)29(24)44-15(2)35)46-28-20-8-18(11-34)17(10-33)7-19(20)25(26-21(28)12-40-30(26)37)16-4-5-22-23(9-16)43-14-42-22/h3-5,7-9,24,27,29,31,33-34,36H,1,6,10-14H2,2H3/t24-,27-,29+,31?/m1/s1. The van der Waals surface area contributed by atoms with Crippen molar-refractivity contribution in [3.8, 4) is 28.4 Å². The Balaban J connectivity index is 1.45. The van der Waals surface area contributed by atoms with Crippen molar-refractivity contribution < 1.29 is 67.6 Å². The second-order valence-corrected chi connectivity index (χ2v) is 10.6. The molecular weight excluding hydrogens is 608 g/mol. The van der Waals surface area contributed by atoms with E-state index in [1.165, 1.54) is 6.08 Å². The van der Waals surface area contributed by atoms with Crippen molar-refractivity contribution in [2.75, 3.05) is 20.0 Å². The van der Waals surface area contributed by atoms with Gasteiger partial charge in [0.15, 0.2) is 29.8 Å². The molecule has 0 spiro atoms. The first-order valence-corrected chi connectivity index (χ1v) is 14.2. The fraction of sp³-hybridized carbons (Fsp3) is 0.344. The molecular formula is C32H30O14. The van der Waals surface area contributed by atoms with Crippen LogP contribution in [0.25, 0.3) is 21.9 Å². The van der Waals surface area contributed by atoms with Crippen LogP contribution in [0, 0.1) is 0 Å². The van der Waals surface area contributed by atoms with E-state index in [0.29, 0.717) is 50.1 Å². The van der Waals surface area contributed by atoms with Crippen molar-refractivity contribution in [3.63, 3.8) is 0 Å². The minimum atomic E-state index is -1.68. The van der Waals surface area contributed by atoms with E-state index in [9.17, 15) is 29.7 Å². The van der Waals surface area contributed by atoms with Crippen LogP contribution in [-0.4, -0.2) is 78.0 Å². The molecule has 1 unspecified atom stereocenters. The molecule has 0 radical (unpaired) electrons. The van der Waals surface area contributed by atoms with Gasteiger partial charge in [-0.15, -0.1) is 0 Å². The van der Waals surface area contributed by atoms with E-state index in [1.54, 1.807) is 30.3 Å². The average Bonchev–Trinajstić information content (AvgIpc) is 3.68. The normalized spacial score (nSPS) is 21.3. The number of fused-ring (bicyclic) bond motifs is 3. The molecule has 3 aliphatic heterocycles. The lowest BCUT2D eigenvalue weighted by atomic mass is 9.87. The Morgan fingerprint density at radius 2 is 1.74 bits per heavy atom. The second kappa shape index (κ2) is 12.8. The van der Waals surface area contributed by atoms with E-state index in [0.717, 1.165) is 6.92 Å². The Morgan fingerprint density at radius 1 is 1.00 bits per heavy atom. The van der Waals surface area contributed by atoms with Crippen molar-refractivity contribution in [2.24, 2.45) is 0 Å². The first-order chi connectivity index (χ1) is 22.2. The fourth-order valence-corrected chi connectivity index (χ4v) is 5.70. The van der Waals surface area contributed by atoms with Crippen molar-refractivity contribution >= 4 is 28.9 Å². The third kappa shape index (κ3) is 5.67. The van der Waals surface area contributed by atoms with Gasteiger partial charge in [0.05, 0.1) is 25.4 Å². The lowest BCUT2D eigenvalue weighted by Crippen LogP contribution is -2.57. The number of aliphatic hydroxyl groups excluding tert-OH is 3. The first kappa shape index (κ1) is 31.1. The molecule has 3 heterocycles. The third-order valence-corrected chi connectivity index (χ3v) is 7.74. The summed E-state index contributed by atoms with van der Waals surface area (Å²) in [6, 6.07) is 8.43. The number of rotatable bonds is 9. The molecule has 3 N–H and O–H groups in total. The average molecular weight is 639 g/mol. The molecule has 3 aliphatic rings. The Bertz CT molecular complexity index is 1720. The summed E-state index contributed by atoms with van der Waals surface area (Å²) >= 11 is 0. The van der Waals surface area contributed by atoms with Gasteiger partial charge in [-0.25, -0.2) is 9.59 Å². The summed E-state index contributed by atoms with van der Waals surface area (Å²) in [6.45, 7) is 3.11. The predicted molar refractivity (Wildman–Crippen MR) is 155 cm³/mol. The Hall–Kier alpha value is -4.89. The van der Waals surface area contributed by atoms with Gasteiger partial charge in [-0.3, -0.25) is 4.79 Å². The molecule has 46 heavy (non-hydrogen) atoms. The van der Waals surface area contributed by atoms with E-state index in [1.807, 2.05) is 0 Å². The van der Waals surface area contributed by atoms with Gasteiger partial charge in [-0.1, -0.05) is 18.7 Å². The van der Waals surface area contributed by atoms with Gasteiger partial charge in [0.25, 0.3) is 0 Å². The molecule has 242 valence electrons. The Kier molecular flexibility index (Phi) is 8.69. The zero-order valence-electron chi connectivity index (χ0n) is 24.6. The second-order valence-electron chi connectivity index (χ2n) is 10.6. The Morgan fingerprint density at radius 3 is 2.46 bits per heavy atom. The summed E-state index contributed by atoms with van der Waals surface area (Å²) in [4.78, 5) is 37.3. The number of carbonyl (C=O) groups is 3. The van der Waals surface area contributed by atoms with E-state index in [-0.39, 0.29) is 37.9 Å². The molecule has 0 bridgehead atoms. The van der Waals surface area contributed by atoms with Gasteiger partial charge < -0.3 is 53.2 Å². The van der Waals surface area contributed by atoms with Crippen molar-refractivity contribution in [2.45, 2.75) is 51.3 Å². The highest BCUT2D eigenvalue weighted by Gasteiger charge is 2.46. The van der Waals surface area contributed by atoms with Crippen LogP contribution in [0.5, 0.6) is 17.2 Å². The molecule has 1 fully saturated rings. The molecule has 0 saturated carbocycles. The molecule has 4 atom stereocenters. The largest absolute Gasteiger partial charge is 0.509 e. The van der Waals surface area contributed by atoms with Crippen molar-refractivity contribution in [1.29, 1.82) is 0 Å². The number of benzene rings is 3. The van der Waals surface area contributed by atoms with E-state index in [4.69, 9.17) is 37.9 Å². The van der Waals surface area contributed by atoms with Crippen LogP contribution in [0.15, 0.2) is 43.0 Å². The smallest absolute Gasteiger partial charge is 0.461 e. The number of aliphatic hydroxyl groups is 3. The third-order valence-electron chi connectivity index (χ3n) is 7.74. The molecule has 0 aliphatic carbocycles. The predicted octanol–water partition coefficient (Wildman–Crippen LogP) is 2.63. The monoisotopic (exact) mass is 638 g/mol. The first-order valence-electron chi connectivity index (χ1n) is 14.2. The van der Waals surface area contributed by atoms with Crippen molar-refractivity contribution in [1.82, 2.24) is 0 Å². The molecule has 6 rings (SSSR count). The Labute approximate surface area is 261 Å². The summed E-state index contributed by atoms with van der Waals surface area (Å²) in [5.41, 5.74) is 2.35. The minimum Gasteiger partial charge on any atom is -0.461 e. The number of ether oxygens (including phenoxy) is 8. The lowest BCUT2D eigenvalue weighted by molar-refractivity contribution is -0.250. The van der Waals surface area contributed by atoms with Crippen LogP contribution in [0.3, 0.4) is 0 Å². The topological polar surface area (TPSA) is 186 Å². The maximum atomic E-state index is 13.3. The summed E-state index contributed by atoms with van der Waals surface area (Å²) in [5, 5.41) is 32.4. The van der Waals surface area contributed by atoms with Gasteiger partial charge in [0.2, 0.25) is 13.1 Å². The van der Waals surface area contributed by atoms with Crippen LogP contribution in [-0.2, 0) is 48.3 Å². The number of carbonyl (C=O) groups excluding carboxylic acids is 3. The number of esters is 2. The van der Waals surface area contributed by atoms with Gasteiger partial charge in [-0.2, -0.15) is 0 Å². The zero-order valence-corrected chi connectivity index (χ0v) is 24.6. The highest BCUT2D eigenvalue weighted by atomic mass is 16.8. The van der Waals surface area contributed by atoms with Gasteiger partial charge in [-0.05, 0) is 46.3 Å². The fourth-order valence-electron chi connectivity index (χ4n) is 5.70. The highest BCUT2D eigenvalue weighted by molar-refractivity contribution is 6.13. The minimum absolute atomic E-state index is 0.0426. The maximum absolute atomic E-state index is 13.3. The molecule has 14 nitrogen and oxygen atoms in total. The maximum Gasteiger partial charge on any atom is 0.509 e. The van der Waals surface area contributed by atoms with Gasteiger partial charge in [0, 0.05) is 23.4 Å². The summed E-state index contributed by atoms with van der Waals surface area (Å²) in [5.74, 6) is -0.301. The molecule has 14 heteroatoms. The molecule has 3 aromatic carbocycles. The molecule has 1 saturated heterocycles. The number of hydrogen-bond donors (Lipinski definition) is 3. The summed E-state index contributed by atoms with van der Waals surface area (Å²) in [6.07, 6.45) is -5.57. The SMILES string of the molecule is C=CCOC(=O)O[C@@H]1COC(Oc2c3c(c(-c4ccc5c(c4)OCO5)c4cc(CO)c(CO)cc24)C(=O)OC3)[C@H](O)[C@H]1OC(C)=O. The van der Waals surface area contributed by atoms with Crippen LogP contribution in [0.4, 0.5) is 4.79 Å². The van der Waals surface area contributed by atoms with Crippen LogP contribution >= 0.6 is 0 Å². The summed E-state index contributed by atoms with van der Waals surface area (Å²) in [7, 11) is 0. The highest BCUT2D eigenvalue weighted by Crippen LogP contribution is 2.48. The van der Waals surface area contributed by atoms with Crippen LogP contribution in [0.2, 0.25) is 0 Å². The quantitative estimate of drug-likeness (QED) is 0.176. The van der Waals surface area contributed by atoms with Crippen LogP contribution < -0.4 is 14.2 Å². The molecule has 0 aromatic heterocycles. The van der Waals surface area contributed by atoms with Crippen LogP contribution in [0.1, 0.15) is 34.0 Å². The van der Waals surface area contributed by atoms with Gasteiger partial charge in [0.1, 0.15) is 19.0 Å². The zero-order chi connectivity index (χ0) is 32.5. The number of cyclic esters (lactones) is 1. The van der Waals surface area contributed by atoms with Crippen molar-refractivity contribution in [3.05, 3.63) is 65.2 Å². The lowest BCUT2D eigenvalue weighted by Gasteiger charge is -2.38. The molecule has 0 amide bonds. The number of hydrogen-bond acceptors (Lipinski definition) is 14.